The van der Waals surface area contributed by atoms with E-state index in [9.17, 15) is 4.79 Å². The van der Waals surface area contributed by atoms with Gasteiger partial charge in [0, 0.05) is 5.38 Å². The van der Waals surface area contributed by atoms with Crippen molar-refractivity contribution in [1.82, 2.24) is 0 Å². The molecule has 0 unspecified atom stereocenters. The monoisotopic (exact) mass is 194 g/mol. The van der Waals surface area contributed by atoms with E-state index in [1.54, 1.807) is 24.3 Å². The molecule has 13 heavy (non-hydrogen) atoms. The fourth-order valence-electron chi connectivity index (χ4n) is 0.786. The summed E-state index contributed by atoms with van der Waals surface area (Å²) in [7, 11) is 0. The fourth-order valence-corrected chi connectivity index (χ4v) is 0.841. The third-order valence-electron chi connectivity index (χ3n) is 1.35. The molecule has 1 rings (SSSR count). The fraction of sp³-hybridized carbons (Fsp3) is 0.100. The normalized spacial score (nSPS) is 8.38. The molecule has 0 amide bonds. The lowest BCUT2D eigenvalue weighted by molar-refractivity contribution is 0.0557. The van der Waals surface area contributed by atoms with Crippen LogP contribution in [0.3, 0.4) is 0 Å². The highest BCUT2D eigenvalue weighted by molar-refractivity contribution is 6.30. The summed E-state index contributed by atoms with van der Waals surface area (Å²) in [6.07, 6.45) is 0. The van der Waals surface area contributed by atoms with Crippen LogP contribution in [0.1, 0.15) is 10.4 Å². The average Bonchev–Trinajstić information content (AvgIpc) is 2.19. The van der Waals surface area contributed by atoms with Crippen LogP contribution in [-0.4, -0.2) is 12.6 Å². The maximum atomic E-state index is 11.2. The highest BCUT2D eigenvalue weighted by Gasteiger charge is 2.03. The van der Waals surface area contributed by atoms with Gasteiger partial charge in [0.05, 0.1) is 5.56 Å². The summed E-state index contributed by atoms with van der Waals surface area (Å²) in [5.41, 5.74) is 0.513. The molecule has 0 spiro atoms. The molecule has 0 bridgehead atoms. The minimum absolute atomic E-state index is 0.0250. The first kappa shape index (κ1) is 9.63. The Morgan fingerprint density at radius 1 is 1.38 bits per heavy atom. The molecule has 1 aromatic carbocycles. The van der Waals surface area contributed by atoms with Crippen LogP contribution >= 0.6 is 11.6 Å². The molecule has 0 saturated heterocycles. The largest absolute Gasteiger partial charge is 0.449 e. The molecule has 0 aliphatic heterocycles. The second-order valence-electron chi connectivity index (χ2n) is 2.21. The minimum atomic E-state index is -0.389. The average molecular weight is 195 g/mol. The zero-order chi connectivity index (χ0) is 9.52. The van der Waals surface area contributed by atoms with Crippen molar-refractivity contribution in [1.29, 1.82) is 0 Å². The number of halogens is 1. The molecule has 0 fully saturated rings. The van der Waals surface area contributed by atoms with Gasteiger partial charge in [0.25, 0.3) is 0 Å². The Labute approximate surface area is 81.5 Å². The van der Waals surface area contributed by atoms with E-state index in [0.717, 1.165) is 0 Å². The Bertz CT molecular complexity index is 335. The molecule has 0 aliphatic rings. The summed E-state index contributed by atoms with van der Waals surface area (Å²) in [5.74, 6) is 2.03. The highest BCUT2D eigenvalue weighted by Crippen LogP contribution is 2.00. The van der Waals surface area contributed by atoms with Crippen LogP contribution in [0.4, 0.5) is 0 Å². The molecule has 66 valence electrons. The number of ether oxygens (including phenoxy) is 1. The number of carbonyl (C=O) groups excluding carboxylic acids is 1. The van der Waals surface area contributed by atoms with Gasteiger partial charge in [-0.15, -0.1) is 0 Å². The summed E-state index contributed by atoms with van der Waals surface area (Å²) in [4.78, 5) is 11.2. The van der Waals surface area contributed by atoms with E-state index in [4.69, 9.17) is 16.3 Å². The summed E-state index contributed by atoms with van der Waals surface area (Å²) in [6.45, 7) is 0.0250. The number of hydrogen-bond acceptors (Lipinski definition) is 2. The molecule has 2 nitrogen and oxygen atoms in total. The third-order valence-corrected chi connectivity index (χ3v) is 1.49. The summed E-state index contributed by atoms with van der Waals surface area (Å²) in [5, 5.41) is 2.12. The SMILES string of the molecule is O=C(OCC#CCl)c1ccccc1. The number of esters is 1. The van der Waals surface area contributed by atoms with E-state index in [1.807, 2.05) is 6.07 Å². The summed E-state index contributed by atoms with van der Waals surface area (Å²) < 4.78 is 4.77. The number of benzene rings is 1. The molecule has 0 radical (unpaired) electrons. The van der Waals surface area contributed by atoms with Crippen LogP contribution < -0.4 is 0 Å². The van der Waals surface area contributed by atoms with E-state index < -0.39 is 0 Å². The number of carbonyl (C=O) groups is 1. The van der Waals surface area contributed by atoms with Crippen LogP contribution in [-0.2, 0) is 4.74 Å². The van der Waals surface area contributed by atoms with Crippen LogP contribution in [0.5, 0.6) is 0 Å². The lowest BCUT2D eigenvalue weighted by Gasteiger charge is -1.98. The zero-order valence-electron chi connectivity index (χ0n) is 6.79. The summed E-state index contributed by atoms with van der Waals surface area (Å²) in [6, 6.07) is 8.72. The topological polar surface area (TPSA) is 26.3 Å². The maximum Gasteiger partial charge on any atom is 0.339 e. The van der Waals surface area contributed by atoms with Crippen molar-refractivity contribution >= 4 is 17.6 Å². The van der Waals surface area contributed by atoms with E-state index in [0.29, 0.717) is 5.56 Å². The third kappa shape index (κ3) is 3.18. The Morgan fingerprint density at radius 3 is 2.69 bits per heavy atom. The molecule has 0 saturated carbocycles. The highest BCUT2D eigenvalue weighted by atomic mass is 35.5. The van der Waals surface area contributed by atoms with Gasteiger partial charge >= 0.3 is 5.97 Å². The molecule has 0 N–H and O–H groups in total. The first-order valence-corrected chi connectivity index (χ1v) is 4.03. The van der Waals surface area contributed by atoms with Gasteiger partial charge < -0.3 is 4.74 Å². The van der Waals surface area contributed by atoms with Crippen molar-refractivity contribution < 1.29 is 9.53 Å². The predicted octanol–water partition coefficient (Wildman–Crippen LogP) is 2.04. The Hall–Kier alpha value is -1.46. The van der Waals surface area contributed by atoms with Crippen molar-refractivity contribution in [2.75, 3.05) is 6.61 Å². The van der Waals surface area contributed by atoms with Gasteiger partial charge in [0.15, 0.2) is 6.61 Å². The van der Waals surface area contributed by atoms with Gasteiger partial charge in [-0.3, -0.25) is 0 Å². The Morgan fingerprint density at radius 2 is 2.08 bits per heavy atom. The Balaban J connectivity index is 2.53. The van der Waals surface area contributed by atoms with Crippen molar-refractivity contribution in [3.8, 4) is 11.3 Å². The molecule has 0 atom stereocenters. The van der Waals surface area contributed by atoms with E-state index in [2.05, 4.69) is 11.3 Å². The molecule has 0 heterocycles. The minimum Gasteiger partial charge on any atom is -0.449 e. The first-order chi connectivity index (χ1) is 6.34. The van der Waals surface area contributed by atoms with E-state index >= 15 is 0 Å². The first-order valence-electron chi connectivity index (χ1n) is 3.65. The van der Waals surface area contributed by atoms with Crippen molar-refractivity contribution in [2.24, 2.45) is 0 Å². The molecule has 0 aliphatic carbocycles. The van der Waals surface area contributed by atoms with Crippen molar-refractivity contribution in [3.05, 3.63) is 35.9 Å². The standard InChI is InChI=1S/C10H7ClO2/c11-7-4-8-13-10(12)9-5-2-1-3-6-9/h1-3,5-6H,8H2. The van der Waals surface area contributed by atoms with Crippen molar-refractivity contribution in [3.63, 3.8) is 0 Å². The second kappa shape index (κ2) is 5.23. The molecular formula is C10H7ClO2. The number of rotatable bonds is 2. The van der Waals surface area contributed by atoms with Crippen LogP contribution in [0.15, 0.2) is 30.3 Å². The van der Waals surface area contributed by atoms with Crippen LogP contribution in [0.25, 0.3) is 0 Å². The van der Waals surface area contributed by atoms with E-state index in [-0.39, 0.29) is 12.6 Å². The van der Waals surface area contributed by atoms with E-state index in [1.165, 1.54) is 0 Å². The van der Waals surface area contributed by atoms with Crippen LogP contribution in [0, 0.1) is 11.3 Å². The number of hydrogen-bond donors (Lipinski definition) is 0. The van der Waals surface area contributed by atoms with Gasteiger partial charge in [-0.25, -0.2) is 4.79 Å². The molecule has 3 heteroatoms. The zero-order valence-corrected chi connectivity index (χ0v) is 7.54. The summed E-state index contributed by atoms with van der Waals surface area (Å²) >= 11 is 5.08. The second-order valence-corrected chi connectivity index (χ2v) is 2.40. The quantitative estimate of drug-likeness (QED) is 0.532. The lowest BCUT2D eigenvalue weighted by Crippen LogP contribution is -2.04. The molecular weight excluding hydrogens is 188 g/mol. The molecule has 1 aromatic rings. The van der Waals surface area contributed by atoms with Gasteiger partial charge in [0.1, 0.15) is 0 Å². The lowest BCUT2D eigenvalue weighted by atomic mass is 10.2. The van der Waals surface area contributed by atoms with Gasteiger partial charge in [-0.2, -0.15) is 0 Å². The predicted molar refractivity (Wildman–Crippen MR) is 50.4 cm³/mol. The maximum absolute atomic E-state index is 11.2. The molecule has 0 aromatic heterocycles. The van der Waals surface area contributed by atoms with Crippen LogP contribution in [0.2, 0.25) is 0 Å². The smallest absolute Gasteiger partial charge is 0.339 e. The van der Waals surface area contributed by atoms with Gasteiger partial charge in [-0.1, -0.05) is 18.2 Å². The van der Waals surface area contributed by atoms with Crippen molar-refractivity contribution in [2.45, 2.75) is 0 Å². The van der Waals surface area contributed by atoms with Gasteiger partial charge in [-0.05, 0) is 29.7 Å². The Kier molecular flexibility index (Phi) is 3.87. The van der Waals surface area contributed by atoms with Gasteiger partial charge in [0.2, 0.25) is 0 Å².